The Hall–Kier alpha value is -1.69. The number of hydrogen-bond acceptors (Lipinski definition) is 4. The number of thiocarbonyl (C=S) groups is 1. The fourth-order valence-electron chi connectivity index (χ4n) is 1.03. The Morgan fingerprint density at radius 3 is 2.71 bits per heavy atom. The Morgan fingerprint density at radius 2 is 2.29 bits per heavy atom. The van der Waals surface area contributed by atoms with Crippen LogP contribution in [0.3, 0.4) is 0 Å². The molecular weight excluding hydrogens is 204 g/mol. The predicted molar refractivity (Wildman–Crippen MR) is 55.3 cm³/mol. The van der Waals surface area contributed by atoms with E-state index in [4.69, 9.17) is 5.73 Å². The minimum atomic E-state index is -0.653. The molecule has 0 unspecified atom stereocenters. The number of phenols is 1. The van der Waals surface area contributed by atoms with Crippen LogP contribution in [0.1, 0.15) is 5.56 Å². The first-order valence-corrected chi connectivity index (χ1v) is 4.16. The molecule has 0 aromatic heterocycles. The predicted octanol–water partition coefficient (Wildman–Crippen LogP) is 1.13. The van der Waals surface area contributed by atoms with Gasteiger partial charge in [-0.3, -0.25) is 10.1 Å². The third kappa shape index (κ3) is 2.40. The van der Waals surface area contributed by atoms with Crippen LogP contribution in [0.2, 0.25) is 0 Å². The van der Waals surface area contributed by atoms with E-state index >= 15 is 0 Å². The van der Waals surface area contributed by atoms with Crippen LogP contribution >= 0.6 is 12.2 Å². The zero-order valence-corrected chi connectivity index (χ0v) is 7.95. The molecule has 5 nitrogen and oxygen atoms in total. The van der Waals surface area contributed by atoms with E-state index in [1.807, 2.05) is 0 Å². The van der Waals surface area contributed by atoms with Gasteiger partial charge in [0.2, 0.25) is 0 Å². The summed E-state index contributed by atoms with van der Waals surface area (Å²) in [6, 6.07) is 4.03. The molecule has 14 heavy (non-hydrogen) atoms. The number of nitrogens with two attached hydrogens (primary N) is 1. The van der Waals surface area contributed by atoms with Crippen molar-refractivity contribution in [1.82, 2.24) is 0 Å². The maximum absolute atomic E-state index is 10.4. The summed E-state index contributed by atoms with van der Waals surface area (Å²) in [4.78, 5) is 9.97. The first-order valence-electron chi connectivity index (χ1n) is 3.75. The van der Waals surface area contributed by atoms with Gasteiger partial charge >= 0.3 is 5.69 Å². The van der Waals surface area contributed by atoms with Crippen molar-refractivity contribution in [3.8, 4) is 5.75 Å². The lowest BCUT2D eigenvalue weighted by molar-refractivity contribution is -0.385. The highest BCUT2D eigenvalue weighted by Crippen LogP contribution is 2.26. The summed E-state index contributed by atoms with van der Waals surface area (Å²) in [5.41, 5.74) is 5.62. The van der Waals surface area contributed by atoms with Gasteiger partial charge in [-0.15, -0.1) is 0 Å². The molecule has 0 amide bonds. The molecule has 0 fully saturated rings. The molecule has 3 N–H and O–H groups in total. The van der Waals surface area contributed by atoms with Crippen molar-refractivity contribution in [3.63, 3.8) is 0 Å². The minimum absolute atomic E-state index is 0.276. The van der Waals surface area contributed by atoms with Gasteiger partial charge in [0, 0.05) is 12.5 Å². The molecule has 0 aliphatic heterocycles. The van der Waals surface area contributed by atoms with Crippen molar-refractivity contribution in [2.75, 3.05) is 0 Å². The van der Waals surface area contributed by atoms with Crippen molar-refractivity contribution >= 4 is 22.9 Å². The van der Waals surface area contributed by atoms with Crippen LogP contribution in [0, 0.1) is 10.1 Å². The van der Waals surface area contributed by atoms with E-state index in [0.29, 0.717) is 12.0 Å². The van der Waals surface area contributed by atoms with Gasteiger partial charge in [-0.25, -0.2) is 0 Å². The monoisotopic (exact) mass is 212 g/mol. The number of rotatable bonds is 3. The minimum Gasteiger partial charge on any atom is -0.502 e. The van der Waals surface area contributed by atoms with Crippen molar-refractivity contribution in [2.45, 2.75) is 6.42 Å². The van der Waals surface area contributed by atoms with Gasteiger partial charge in [0.05, 0.1) is 9.91 Å². The summed E-state index contributed by atoms with van der Waals surface area (Å²) in [6.07, 6.45) is 0.320. The van der Waals surface area contributed by atoms with Gasteiger partial charge in [-0.05, 0) is 11.6 Å². The summed E-state index contributed by atoms with van der Waals surface area (Å²) in [7, 11) is 0. The van der Waals surface area contributed by atoms with Crippen molar-refractivity contribution < 1.29 is 10.0 Å². The molecule has 0 radical (unpaired) electrons. The molecule has 0 saturated heterocycles. The van der Waals surface area contributed by atoms with Crippen molar-refractivity contribution in [2.24, 2.45) is 5.73 Å². The summed E-state index contributed by atoms with van der Waals surface area (Å²) < 4.78 is 0. The fourth-order valence-corrected chi connectivity index (χ4v) is 1.20. The van der Waals surface area contributed by atoms with E-state index in [9.17, 15) is 15.2 Å². The molecule has 0 aliphatic rings. The molecule has 6 heteroatoms. The maximum atomic E-state index is 10.4. The van der Waals surface area contributed by atoms with Gasteiger partial charge in [0.15, 0.2) is 5.75 Å². The Balaban J connectivity index is 3.00. The molecule has 1 aromatic rings. The lowest BCUT2D eigenvalue weighted by atomic mass is 10.1. The Labute approximate surface area is 85.3 Å². The molecule has 0 saturated carbocycles. The van der Waals surface area contributed by atoms with Gasteiger partial charge in [-0.2, -0.15) is 0 Å². The number of benzene rings is 1. The molecule has 1 aromatic carbocycles. The summed E-state index contributed by atoms with van der Waals surface area (Å²) >= 11 is 4.67. The Kier molecular flexibility index (Phi) is 2.98. The third-order valence-electron chi connectivity index (χ3n) is 1.61. The second-order valence-corrected chi connectivity index (χ2v) is 3.25. The summed E-state index contributed by atoms with van der Waals surface area (Å²) in [5.74, 6) is -0.372. The molecule has 0 spiro atoms. The highest BCUT2D eigenvalue weighted by atomic mass is 32.1. The van der Waals surface area contributed by atoms with Crippen LogP contribution in [0.5, 0.6) is 5.75 Å². The third-order valence-corrected chi connectivity index (χ3v) is 1.76. The average molecular weight is 212 g/mol. The number of nitro benzene ring substituents is 1. The lowest BCUT2D eigenvalue weighted by Crippen LogP contribution is -2.10. The van der Waals surface area contributed by atoms with Crippen LogP contribution in [0.15, 0.2) is 18.2 Å². The van der Waals surface area contributed by atoms with E-state index in [1.165, 1.54) is 18.2 Å². The topological polar surface area (TPSA) is 89.4 Å². The van der Waals surface area contributed by atoms with Crippen LogP contribution in [-0.4, -0.2) is 15.0 Å². The van der Waals surface area contributed by atoms with Crippen LogP contribution < -0.4 is 5.73 Å². The smallest absolute Gasteiger partial charge is 0.310 e. The van der Waals surface area contributed by atoms with E-state index < -0.39 is 4.92 Å². The van der Waals surface area contributed by atoms with Gasteiger partial charge < -0.3 is 10.8 Å². The second-order valence-electron chi connectivity index (χ2n) is 2.72. The summed E-state index contributed by atoms with van der Waals surface area (Å²) in [5, 5.41) is 19.6. The first-order chi connectivity index (χ1) is 6.50. The SMILES string of the molecule is NC(=S)Cc1ccc([N+](=O)[O-])c(O)c1. The second kappa shape index (κ2) is 4.01. The quantitative estimate of drug-likeness (QED) is 0.445. The number of phenolic OH excluding ortho intramolecular Hbond substituents is 1. The molecule has 1 rings (SSSR count). The van der Waals surface area contributed by atoms with Gasteiger partial charge in [-0.1, -0.05) is 18.3 Å². The standard InChI is InChI=1S/C8H8N2O3S/c9-8(14)4-5-1-2-6(10(12)13)7(11)3-5/h1-3,11H,4H2,(H2,9,14). The van der Waals surface area contributed by atoms with E-state index in [2.05, 4.69) is 12.2 Å². The molecule has 0 bridgehead atoms. The van der Waals surface area contributed by atoms with Gasteiger partial charge in [0.1, 0.15) is 0 Å². The molecule has 0 heterocycles. The largest absolute Gasteiger partial charge is 0.502 e. The zero-order chi connectivity index (χ0) is 10.7. The average Bonchev–Trinajstić information content (AvgIpc) is 2.01. The molecule has 0 atom stereocenters. The van der Waals surface area contributed by atoms with Gasteiger partial charge in [0.25, 0.3) is 0 Å². The van der Waals surface area contributed by atoms with E-state index in [1.54, 1.807) is 0 Å². The Morgan fingerprint density at radius 1 is 1.64 bits per heavy atom. The Bertz CT molecular complexity index is 392. The normalized spacial score (nSPS) is 9.71. The fraction of sp³-hybridized carbons (Fsp3) is 0.125. The summed E-state index contributed by atoms with van der Waals surface area (Å²) in [6.45, 7) is 0. The highest BCUT2D eigenvalue weighted by molar-refractivity contribution is 7.80. The first kappa shape index (κ1) is 10.4. The number of nitro groups is 1. The van der Waals surface area contributed by atoms with E-state index in [0.717, 1.165) is 0 Å². The molecule has 0 aliphatic carbocycles. The number of hydrogen-bond donors (Lipinski definition) is 2. The number of nitrogens with zero attached hydrogens (tertiary/aromatic N) is 1. The van der Waals surface area contributed by atoms with Crippen molar-refractivity contribution in [1.29, 1.82) is 0 Å². The zero-order valence-electron chi connectivity index (χ0n) is 7.14. The van der Waals surface area contributed by atoms with Crippen LogP contribution in [-0.2, 0) is 6.42 Å². The lowest BCUT2D eigenvalue weighted by Gasteiger charge is -2.00. The van der Waals surface area contributed by atoms with Crippen molar-refractivity contribution in [3.05, 3.63) is 33.9 Å². The van der Waals surface area contributed by atoms with E-state index in [-0.39, 0.29) is 16.4 Å². The maximum Gasteiger partial charge on any atom is 0.310 e. The van der Waals surface area contributed by atoms with Crippen LogP contribution in [0.25, 0.3) is 0 Å². The number of aromatic hydroxyl groups is 1. The van der Waals surface area contributed by atoms with Crippen LogP contribution in [0.4, 0.5) is 5.69 Å². The molecular formula is C8H8N2O3S. The molecule has 74 valence electrons. The highest BCUT2D eigenvalue weighted by Gasteiger charge is 2.12.